The highest BCUT2D eigenvalue weighted by Crippen LogP contribution is 2.44. The molecule has 2 saturated carbocycles. The van der Waals surface area contributed by atoms with Gasteiger partial charge in [-0.15, -0.1) is 0 Å². The molecule has 0 heterocycles. The predicted octanol–water partition coefficient (Wildman–Crippen LogP) is 3.44. The zero-order chi connectivity index (χ0) is 25.1. The van der Waals surface area contributed by atoms with Gasteiger partial charge in [-0.3, -0.25) is 4.79 Å². The van der Waals surface area contributed by atoms with E-state index >= 15 is 0 Å². The summed E-state index contributed by atoms with van der Waals surface area (Å²) in [5, 5.41) is 12.8. The summed E-state index contributed by atoms with van der Waals surface area (Å²) in [7, 11) is 0. The predicted molar refractivity (Wildman–Crippen MR) is 126 cm³/mol. The van der Waals surface area contributed by atoms with Crippen LogP contribution in [0.1, 0.15) is 57.5 Å². The monoisotopic (exact) mass is 479 g/mol. The number of fused-ring (bicyclic) bond motifs is 2. The molecule has 8 nitrogen and oxygen atoms in total. The van der Waals surface area contributed by atoms with E-state index in [1.54, 1.807) is 50.2 Å². The third-order valence-electron chi connectivity index (χ3n) is 6.82. The van der Waals surface area contributed by atoms with E-state index in [2.05, 4.69) is 5.32 Å². The molecule has 1 amide bonds. The maximum absolute atomic E-state index is 13.3. The number of carboxylic acids is 1. The number of benzene rings is 2. The van der Waals surface area contributed by atoms with Crippen LogP contribution < -0.4 is 5.32 Å². The average molecular weight is 480 g/mol. The molecule has 0 radical (unpaired) electrons. The molecule has 4 rings (SSSR count). The molecule has 0 spiro atoms. The van der Waals surface area contributed by atoms with Crippen LogP contribution >= 0.6 is 0 Å². The Morgan fingerprint density at radius 1 is 0.857 bits per heavy atom. The Hall–Kier alpha value is -3.68. The summed E-state index contributed by atoms with van der Waals surface area (Å²) in [6, 6.07) is 12.9. The standard InChI is InChI=1S/C27H29NO7/c1-15-5-3-7-19(11-15)26(32)34-22(24(29)28-21-14-17-9-10-18(21)13-17)23(25(30)31)35-27(33)20-8-4-6-16(2)12-20/h3-8,11-12,17-18,21-23H,9-10,13-14H2,1-2H3,(H,28,29)(H,30,31). The van der Waals surface area contributed by atoms with Crippen LogP contribution in [0.5, 0.6) is 0 Å². The Bertz CT molecular complexity index is 1140. The van der Waals surface area contributed by atoms with Gasteiger partial charge in [-0.2, -0.15) is 0 Å². The van der Waals surface area contributed by atoms with E-state index in [4.69, 9.17) is 9.47 Å². The first-order valence-electron chi connectivity index (χ1n) is 11.8. The first-order chi connectivity index (χ1) is 16.7. The second-order valence-corrected chi connectivity index (χ2v) is 9.52. The molecular formula is C27H29NO7. The molecule has 2 aromatic rings. The first-order valence-corrected chi connectivity index (χ1v) is 11.8. The maximum Gasteiger partial charge on any atom is 0.349 e. The number of carbonyl (C=O) groups excluding carboxylic acids is 3. The lowest BCUT2D eigenvalue weighted by molar-refractivity contribution is -0.159. The third kappa shape index (κ3) is 5.70. The van der Waals surface area contributed by atoms with Crippen LogP contribution in [0.3, 0.4) is 0 Å². The second-order valence-electron chi connectivity index (χ2n) is 9.52. The van der Waals surface area contributed by atoms with Gasteiger partial charge in [-0.25, -0.2) is 14.4 Å². The minimum absolute atomic E-state index is 0.122. The number of amides is 1. The summed E-state index contributed by atoms with van der Waals surface area (Å²) in [5.74, 6) is -3.32. The smallest absolute Gasteiger partial charge is 0.349 e. The van der Waals surface area contributed by atoms with Crippen LogP contribution in [-0.4, -0.2) is 47.2 Å². The number of nitrogens with one attached hydrogen (secondary N) is 1. The van der Waals surface area contributed by atoms with Gasteiger partial charge in [0.2, 0.25) is 12.2 Å². The maximum atomic E-state index is 13.3. The van der Waals surface area contributed by atoms with Gasteiger partial charge >= 0.3 is 17.9 Å². The van der Waals surface area contributed by atoms with Crippen LogP contribution in [-0.2, 0) is 19.1 Å². The molecule has 0 aliphatic heterocycles. The molecule has 2 aromatic carbocycles. The topological polar surface area (TPSA) is 119 Å². The average Bonchev–Trinajstić information content (AvgIpc) is 3.44. The molecule has 2 fully saturated rings. The lowest BCUT2D eigenvalue weighted by Crippen LogP contribution is -2.53. The SMILES string of the molecule is Cc1cccc(C(=O)OC(C(=O)O)C(OC(=O)c2cccc(C)c2)C(=O)NC2CC3CCC2C3)c1. The number of rotatable bonds is 8. The molecule has 2 aliphatic rings. The summed E-state index contributed by atoms with van der Waals surface area (Å²) < 4.78 is 10.7. The minimum Gasteiger partial charge on any atom is -0.478 e. The molecule has 5 unspecified atom stereocenters. The van der Waals surface area contributed by atoms with E-state index in [1.165, 1.54) is 12.1 Å². The van der Waals surface area contributed by atoms with Crippen molar-refractivity contribution in [2.45, 2.75) is 57.8 Å². The van der Waals surface area contributed by atoms with Crippen molar-refractivity contribution in [1.29, 1.82) is 0 Å². The van der Waals surface area contributed by atoms with Gasteiger partial charge in [0.25, 0.3) is 5.91 Å². The van der Waals surface area contributed by atoms with Gasteiger partial charge in [0.05, 0.1) is 11.1 Å². The quantitative estimate of drug-likeness (QED) is 0.557. The first kappa shape index (κ1) is 24.4. The van der Waals surface area contributed by atoms with Crippen molar-refractivity contribution in [3.05, 3.63) is 70.8 Å². The van der Waals surface area contributed by atoms with Crippen LogP contribution in [0, 0.1) is 25.7 Å². The van der Waals surface area contributed by atoms with Gasteiger partial charge in [-0.05, 0) is 69.2 Å². The fourth-order valence-electron chi connectivity index (χ4n) is 5.09. The van der Waals surface area contributed by atoms with E-state index in [-0.39, 0.29) is 17.2 Å². The molecule has 8 heteroatoms. The largest absolute Gasteiger partial charge is 0.478 e. The van der Waals surface area contributed by atoms with E-state index in [0.29, 0.717) is 11.8 Å². The van der Waals surface area contributed by atoms with Crippen LogP contribution in [0.4, 0.5) is 0 Å². The number of hydrogen-bond acceptors (Lipinski definition) is 6. The third-order valence-corrected chi connectivity index (χ3v) is 6.82. The van der Waals surface area contributed by atoms with Crippen LogP contribution in [0.15, 0.2) is 48.5 Å². The number of aliphatic carboxylic acids is 1. The Morgan fingerprint density at radius 3 is 1.89 bits per heavy atom. The van der Waals surface area contributed by atoms with Crippen molar-refractivity contribution < 1.29 is 33.8 Å². The fraction of sp³-hybridized carbons (Fsp3) is 0.407. The summed E-state index contributed by atoms with van der Waals surface area (Å²) in [6.45, 7) is 3.57. The molecular weight excluding hydrogens is 450 g/mol. The van der Waals surface area contributed by atoms with Crippen LogP contribution in [0.25, 0.3) is 0 Å². The number of aryl methyl sites for hydroxylation is 2. The zero-order valence-electron chi connectivity index (χ0n) is 19.7. The van der Waals surface area contributed by atoms with Crippen molar-refractivity contribution in [3.63, 3.8) is 0 Å². The van der Waals surface area contributed by atoms with Gasteiger partial charge in [-0.1, -0.05) is 41.8 Å². The fourth-order valence-corrected chi connectivity index (χ4v) is 5.09. The normalized spacial score (nSPS) is 22.2. The Kier molecular flexibility index (Phi) is 7.19. The van der Waals surface area contributed by atoms with Gasteiger partial charge in [0.15, 0.2) is 0 Å². The van der Waals surface area contributed by atoms with E-state index in [9.17, 15) is 24.3 Å². The second kappa shape index (κ2) is 10.3. The Morgan fingerprint density at radius 2 is 1.43 bits per heavy atom. The lowest BCUT2D eigenvalue weighted by Gasteiger charge is -2.28. The lowest BCUT2D eigenvalue weighted by atomic mass is 9.95. The number of hydrogen-bond donors (Lipinski definition) is 2. The highest BCUT2D eigenvalue weighted by Gasteiger charge is 2.45. The summed E-state index contributed by atoms with van der Waals surface area (Å²) in [5.41, 5.74) is 1.87. The minimum atomic E-state index is -2.02. The van der Waals surface area contributed by atoms with Gasteiger partial charge in [0, 0.05) is 6.04 Å². The van der Waals surface area contributed by atoms with Crippen molar-refractivity contribution in [1.82, 2.24) is 5.32 Å². The Labute approximate surface area is 203 Å². The Balaban J connectivity index is 1.58. The molecule has 184 valence electrons. The van der Waals surface area contributed by atoms with Crippen molar-refractivity contribution in [2.75, 3.05) is 0 Å². The van der Waals surface area contributed by atoms with Gasteiger partial charge < -0.3 is 19.9 Å². The highest BCUT2D eigenvalue weighted by molar-refractivity contribution is 5.97. The zero-order valence-corrected chi connectivity index (χ0v) is 19.7. The summed E-state index contributed by atoms with van der Waals surface area (Å²) in [4.78, 5) is 51.1. The van der Waals surface area contributed by atoms with E-state index < -0.39 is 36.0 Å². The number of carboxylic acid groups (broad SMARTS) is 1. The molecule has 2 aliphatic carbocycles. The van der Waals surface area contributed by atoms with Crippen molar-refractivity contribution >= 4 is 23.8 Å². The van der Waals surface area contributed by atoms with Gasteiger partial charge in [0.1, 0.15) is 0 Å². The molecule has 0 aromatic heterocycles. The molecule has 35 heavy (non-hydrogen) atoms. The number of ether oxygens (including phenoxy) is 2. The molecule has 2 bridgehead atoms. The van der Waals surface area contributed by atoms with E-state index in [1.807, 2.05) is 0 Å². The number of carbonyl (C=O) groups is 4. The highest BCUT2D eigenvalue weighted by atomic mass is 16.6. The van der Waals surface area contributed by atoms with Crippen LogP contribution in [0.2, 0.25) is 0 Å². The molecule has 5 atom stereocenters. The summed E-state index contributed by atoms with van der Waals surface area (Å²) in [6.07, 6.45) is 0.0609. The van der Waals surface area contributed by atoms with E-state index in [0.717, 1.165) is 36.8 Å². The molecule has 0 saturated heterocycles. The van der Waals surface area contributed by atoms with Crippen molar-refractivity contribution in [2.24, 2.45) is 11.8 Å². The summed E-state index contributed by atoms with van der Waals surface area (Å²) >= 11 is 0. The molecule has 2 N–H and O–H groups in total. The number of esters is 2. The van der Waals surface area contributed by atoms with Crippen molar-refractivity contribution in [3.8, 4) is 0 Å².